The van der Waals surface area contributed by atoms with Gasteiger partial charge in [0.25, 0.3) is 11.6 Å². The number of methoxy groups -OCH3 is 1. The lowest BCUT2D eigenvalue weighted by molar-refractivity contribution is -0.384. The van der Waals surface area contributed by atoms with Gasteiger partial charge in [-0.25, -0.2) is 4.79 Å². The van der Waals surface area contributed by atoms with Crippen LogP contribution in [0.3, 0.4) is 0 Å². The standard InChI is InChI=1S/C16H13ClN2O5/c1-9-3-4-12(17)8-14(9)18-15(20)10-5-11(16(21)24-2)7-13(6-10)19(22)23/h3-8H,1-2H3,(H,18,20). The number of benzene rings is 2. The average molecular weight is 349 g/mol. The first kappa shape index (κ1) is 17.4. The molecule has 2 rings (SSSR count). The highest BCUT2D eigenvalue weighted by molar-refractivity contribution is 6.31. The molecule has 0 unspecified atom stereocenters. The van der Waals surface area contributed by atoms with Gasteiger partial charge in [-0.05, 0) is 30.7 Å². The molecule has 0 atom stereocenters. The van der Waals surface area contributed by atoms with Gasteiger partial charge in [-0.3, -0.25) is 14.9 Å². The zero-order valence-corrected chi connectivity index (χ0v) is 13.6. The van der Waals surface area contributed by atoms with Crippen LogP contribution in [0.4, 0.5) is 11.4 Å². The van der Waals surface area contributed by atoms with E-state index in [1.165, 1.54) is 6.07 Å². The van der Waals surface area contributed by atoms with Crippen molar-refractivity contribution in [2.45, 2.75) is 6.92 Å². The number of carbonyl (C=O) groups is 2. The predicted octanol–water partition coefficient (Wildman–Crippen LogP) is 3.60. The third-order valence-electron chi connectivity index (χ3n) is 3.26. The molecule has 0 saturated carbocycles. The van der Waals surface area contributed by atoms with Gasteiger partial charge < -0.3 is 10.1 Å². The highest BCUT2D eigenvalue weighted by atomic mass is 35.5. The first-order valence-corrected chi connectivity index (χ1v) is 7.15. The first-order chi connectivity index (χ1) is 11.3. The third kappa shape index (κ3) is 3.88. The highest BCUT2D eigenvalue weighted by Crippen LogP contribution is 2.23. The fourth-order valence-electron chi connectivity index (χ4n) is 2.01. The second kappa shape index (κ2) is 7.10. The van der Waals surface area contributed by atoms with Gasteiger partial charge in [-0.2, -0.15) is 0 Å². The maximum atomic E-state index is 12.4. The molecule has 2 aromatic rings. The lowest BCUT2D eigenvalue weighted by Crippen LogP contribution is -2.14. The number of nitro benzene ring substituents is 1. The van der Waals surface area contributed by atoms with Gasteiger partial charge in [0.05, 0.1) is 17.6 Å². The van der Waals surface area contributed by atoms with Crippen LogP contribution in [0.1, 0.15) is 26.3 Å². The summed E-state index contributed by atoms with van der Waals surface area (Å²) in [5.41, 5.74) is 0.736. The Balaban J connectivity index is 2.41. The number of amides is 1. The smallest absolute Gasteiger partial charge is 0.338 e. The number of hydrogen-bond acceptors (Lipinski definition) is 5. The number of carbonyl (C=O) groups excluding carboxylic acids is 2. The summed E-state index contributed by atoms with van der Waals surface area (Å²) in [7, 11) is 1.15. The number of anilines is 1. The van der Waals surface area contributed by atoms with Crippen molar-refractivity contribution < 1.29 is 19.2 Å². The summed E-state index contributed by atoms with van der Waals surface area (Å²) in [6.07, 6.45) is 0. The molecule has 8 heteroatoms. The number of halogens is 1. The summed E-state index contributed by atoms with van der Waals surface area (Å²) in [6, 6.07) is 8.33. The van der Waals surface area contributed by atoms with Crippen LogP contribution in [-0.2, 0) is 4.74 Å². The van der Waals surface area contributed by atoms with E-state index in [-0.39, 0.29) is 16.8 Å². The molecule has 0 aliphatic heterocycles. The molecule has 0 radical (unpaired) electrons. The van der Waals surface area contributed by atoms with Crippen LogP contribution in [0, 0.1) is 17.0 Å². The second-order valence-electron chi connectivity index (χ2n) is 4.93. The number of esters is 1. The Labute approximate surface area is 142 Å². The number of ether oxygens (including phenoxy) is 1. The number of nitro groups is 1. The van der Waals surface area contributed by atoms with E-state index in [0.717, 1.165) is 24.8 Å². The zero-order valence-electron chi connectivity index (χ0n) is 12.8. The number of non-ortho nitro benzene ring substituents is 1. The fraction of sp³-hybridized carbons (Fsp3) is 0.125. The Morgan fingerprint density at radius 1 is 1.17 bits per heavy atom. The molecular formula is C16H13ClN2O5. The van der Waals surface area contributed by atoms with Gasteiger partial charge in [0.1, 0.15) is 0 Å². The largest absolute Gasteiger partial charge is 0.465 e. The predicted molar refractivity (Wildman–Crippen MR) is 88.6 cm³/mol. The molecule has 7 nitrogen and oxygen atoms in total. The summed E-state index contributed by atoms with van der Waals surface area (Å²) in [6.45, 7) is 1.78. The first-order valence-electron chi connectivity index (χ1n) is 6.77. The van der Waals surface area contributed by atoms with E-state index in [2.05, 4.69) is 10.1 Å². The second-order valence-corrected chi connectivity index (χ2v) is 5.37. The maximum absolute atomic E-state index is 12.4. The van der Waals surface area contributed by atoms with Crippen molar-refractivity contribution in [2.24, 2.45) is 0 Å². The zero-order chi connectivity index (χ0) is 17.9. The van der Waals surface area contributed by atoms with Crippen LogP contribution in [0.25, 0.3) is 0 Å². The molecule has 0 fully saturated rings. The number of rotatable bonds is 4. The lowest BCUT2D eigenvalue weighted by atomic mass is 10.1. The van der Waals surface area contributed by atoms with Crippen molar-refractivity contribution in [3.05, 3.63) is 68.2 Å². The van der Waals surface area contributed by atoms with Gasteiger partial charge in [-0.1, -0.05) is 17.7 Å². The molecule has 24 heavy (non-hydrogen) atoms. The van der Waals surface area contributed by atoms with Gasteiger partial charge >= 0.3 is 5.97 Å². The number of hydrogen-bond donors (Lipinski definition) is 1. The topological polar surface area (TPSA) is 98.5 Å². The molecule has 0 bridgehead atoms. The van der Waals surface area contributed by atoms with Gasteiger partial charge in [0, 0.05) is 28.4 Å². The number of aryl methyl sites for hydroxylation is 1. The lowest BCUT2D eigenvalue weighted by Gasteiger charge is -2.09. The van der Waals surface area contributed by atoms with E-state index >= 15 is 0 Å². The van der Waals surface area contributed by atoms with Gasteiger partial charge in [-0.15, -0.1) is 0 Å². The van der Waals surface area contributed by atoms with Crippen LogP contribution in [0.15, 0.2) is 36.4 Å². The van der Waals surface area contributed by atoms with Crippen LogP contribution in [0.5, 0.6) is 0 Å². The Hall–Kier alpha value is -2.93. The Bertz CT molecular complexity index is 835. The minimum atomic E-state index is -0.772. The summed E-state index contributed by atoms with van der Waals surface area (Å²) in [4.78, 5) is 34.3. The van der Waals surface area contributed by atoms with E-state index in [4.69, 9.17) is 11.6 Å². The molecule has 0 aliphatic carbocycles. The highest BCUT2D eigenvalue weighted by Gasteiger charge is 2.18. The minimum Gasteiger partial charge on any atom is -0.465 e. The summed E-state index contributed by atoms with van der Waals surface area (Å²) in [5.74, 6) is -1.37. The van der Waals surface area contributed by atoms with E-state index in [0.29, 0.717) is 10.7 Å². The van der Waals surface area contributed by atoms with Gasteiger partial charge in [0.15, 0.2) is 0 Å². The molecule has 0 aliphatic rings. The molecule has 0 saturated heterocycles. The third-order valence-corrected chi connectivity index (χ3v) is 3.49. The van der Waals surface area contributed by atoms with E-state index in [9.17, 15) is 19.7 Å². The van der Waals surface area contributed by atoms with E-state index in [1.54, 1.807) is 25.1 Å². The minimum absolute atomic E-state index is 0.0380. The van der Waals surface area contributed by atoms with Crippen molar-refractivity contribution in [3.8, 4) is 0 Å². The van der Waals surface area contributed by atoms with Crippen molar-refractivity contribution in [1.29, 1.82) is 0 Å². The fourth-order valence-corrected chi connectivity index (χ4v) is 2.18. The van der Waals surface area contributed by atoms with E-state index in [1.807, 2.05) is 0 Å². The monoisotopic (exact) mass is 348 g/mol. The quantitative estimate of drug-likeness (QED) is 0.517. The van der Waals surface area contributed by atoms with Crippen LogP contribution in [-0.4, -0.2) is 23.9 Å². The van der Waals surface area contributed by atoms with Crippen molar-refractivity contribution in [1.82, 2.24) is 0 Å². The number of nitrogens with one attached hydrogen (secondary N) is 1. The SMILES string of the molecule is COC(=O)c1cc(C(=O)Nc2cc(Cl)ccc2C)cc([N+](=O)[O-])c1. The number of nitrogens with zero attached hydrogens (tertiary/aromatic N) is 1. The Morgan fingerprint density at radius 2 is 1.83 bits per heavy atom. The normalized spacial score (nSPS) is 10.1. The molecule has 1 amide bonds. The van der Waals surface area contributed by atoms with Crippen molar-refractivity contribution >= 4 is 34.9 Å². The maximum Gasteiger partial charge on any atom is 0.338 e. The molecule has 0 aromatic heterocycles. The molecule has 0 heterocycles. The van der Waals surface area contributed by atoms with Crippen molar-refractivity contribution in [2.75, 3.05) is 12.4 Å². The van der Waals surface area contributed by atoms with Crippen molar-refractivity contribution in [3.63, 3.8) is 0 Å². The summed E-state index contributed by atoms with van der Waals surface area (Å²) < 4.78 is 4.55. The molecule has 0 spiro atoms. The molecule has 1 N–H and O–H groups in total. The molecule has 2 aromatic carbocycles. The summed E-state index contributed by atoms with van der Waals surface area (Å²) >= 11 is 5.90. The Morgan fingerprint density at radius 3 is 2.46 bits per heavy atom. The van der Waals surface area contributed by atoms with Crippen LogP contribution >= 0.6 is 11.6 Å². The summed E-state index contributed by atoms with van der Waals surface area (Å²) in [5, 5.41) is 14.1. The van der Waals surface area contributed by atoms with Crippen LogP contribution < -0.4 is 5.32 Å². The van der Waals surface area contributed by atoms with E-state index < -0.39 is 16.8 Å². The van der Waals surface area contributed by atoms with Crippen LogP contribution in [0.2, 0.25) is 5.02 Å². The Kier molecular flexibility index (Phi) is 5.15. The molecular weight excluding hydrogens is 336 g/mol. The average Bonchev–Trinajstić information content (AvgIpc) is 2.56. The molecule has 124 valence electrons. The van der Waals surface area contributed by atoms with Gasteiger partial charge in [0.2, 0.25) is 0 Å².